The molecule has 23 heavy (non-hydrogen) atoms. The third-order valence-corrected chi connectivity index (χ3v) is 5.13. The van der Waals surface area contributed by atoms with Crippen molar-refractivity contribution >= 4 is 33.2 Å². The smallest absolute Gasteiger partial charge is 0.256 e. The summed E-state index contributed by atoms with van der Waals surface area (Å²) in [6.07, 6.45) is 0. The lowest BCUT2D eigenvalue weighted by molar-refractivity contribution is 0.102. The molecular weight excluding hydrogens is 336 g/mol. The van der Waals surface area contributed by atoms with Crippen molar-refractivity contribution in [3.63, 3.8) is 0 Å². The van der Waals surface area contributed by atoms with Gasteiger partial charge in [0.25, 0.3) is 5.91 Å². The first-order valence-electron chi connectivity index (χ1n) is 6.86. The minimum Gasteiger partial charge on any atom is -0.321 e. The Morgan fingerprint density at radius 2 is 1.78 bits per heavy atom. The average molecular weight is 353 g/mol. The van der Waals surface area contributed by atoms with Crippen LogP contribution in [-0.4, -0.2) is 21.4 Å². The molecule has 2 aromatic rings. The highest BCUT2D eigenvalue weighted by molar-refractivity contribution is 7.89. The van der Waals surface area contributed by atoms with E-state index in [1.54, 1.807) is 25.1 Å². The molecule has 0 saturated heterocycles. The Labute approximate surface area is 140 Å². The number of nitrogens with one attached hydrogen (secondary N) is 2. The first-order chi connectivity index (χ1) is 10.7. The second-order valence-electron chi connectivity index (χ2n) is 5.12. The van der Waals surface area contributed by atoms with Gasteiger partial charge in [0.2, 0.25) is 10.0 Å². The predicted octanol–water partition coefficient (Wildman–Crippen LogP) is 3.12. The van der Waals surface area contributed by atoms with Gasteiger partial charge < -0.3 is 5.32 Å². The highest BCUT2D eigenvalue weighted by atomic mass is 35.5. The van der Waals surface area contributed by atoms with Gasteiger partial charge >= 0.3 is 0 Å². The number of carbonyl (C=O) groups excluding carboxylic acids is 1. The lowest BCUT2D eigenvalue weighted by Gasteiger charge is -2.11. The van der Waals surface area contributed by atoms with E-state index in [-0.39, 0.29) is 10.5 Å². The molecule has 122 valence electrons. The number of rotatable bonds is 4. The van der Waals surface area contributed by atoms with Crippen molar-refractivity contribution in [2.24, 2.45) is 0 Å². The molecule has 0 unspecified atom stereocenters. The Hall–Kier alpha value is -1.89. The van der Waals surface area contributed by atoms with Crippen molar-refractivity contribution < 1.29 is 13.2 Å². The van der Waals surface area contributed by atoms with E-state index < -0.39 is 15.9 Å². The van der Waals surface area contributed by atoms with Crippen LogP contribution in [0.4, 0.5) is 5.69 Å². The predicted molar refractivity (Wildman–Crippen MR) is 91.6 cm³/mol. The van der Waals surface area contributed by atoms with Gasteiger partial charge in [-0.3, -0.25) is 4.79 Å². The summed E-state index contributed by atoms with van der Waals surface area (Å²) in [4.78, 5) is 12.5. The molecule has 0 heterocycles. The third-order valence-electron chi connectivity index (χ3n) is 3.41. The summed E-state index contributed by atoms with van der Waals surface area (Å²) in [5, 5.41) is 3.13. The van der Waals surface area contributed by atoms with Gasteiger partial charge in [-0.1, -0.05) is 23.7 Å². The maximum atomic E-state index is 12.5. The highest BCUT2D eigenvalue weighted by Crippen LogP contribution is 2.24. The van der Waals surface area contributed by atoms with Crippen LogP contribution in [0.3, 0.4) is 0 Å². The van der Waals surface area contributed by atoms with Crippen molar-refractivity contribution in [2.45, 2.75) is 18.7 Å². The zero-order chi connectivity index (χ0) is 17.2. The topological polar surface area (TPSA) is 75.3 Å². The van der Waals surface area contributed by atoms with Gasteiger partial charge in [0.05, 0.1) is 15.6 Å². The summed E-state index contributed by atoms with van der Waals surface area (Å²) in [6, 6.07) is 9.67. The van der Waals surface area contributed by atoms with Crippen LogP contribution in [-0.2, 0) is 10.0 Å². The number of sulfonamides is 1. The van der Waals surface area contributed by atoms with Crippen molar-refractivity contribution in [1.82, 2.24) is 4.72 Å². The molecule has 0 aliphatic carbocycles. The molecule has 0 radical (unpaired) electrons. The molecular formula is C16H17ClN2O3S. The van der Waals surface area contributed by atoms with Gasteiger partial charge in [-0.25, -0.2) is 13.1 Å². The quantitative estimate of drug-likeness (QED) is 0.887. The number of amides is 1. The maximum Gasteiger partial charge on any atom is 0.256 e. The summed E-state index contributed by atoms with van der Waals surface area (Å²) in [5.74, 6) is -0.415. The lowest BCUT2D eigenvalue weighted by atomic mass is 10.1. The Balaban J connectivity index is 2.37. The molecule has 0 spiro atoms. The molecule has 0 aliphatic rings. The van der Waals surface area contributed by atoms with Crippen LogP contribution < -0.4 is 10.0 Å². The van der Waals surface area contributed by atoms with E-state index >= 15 is 0 Å². The molecule has 7 heteroatoms. The molecule has 0 aliphatic heterocycles. The normalized spacial score (nSPS) is 11.3. The number of halogens is 1. The molecule has 2 aromatic carbocycles. The molecule has 1 amide bonds. The highest BCUT2D eigenvalue weighted by Gasteiger charge is 2.17. The fraction of sp³-hybridized carbons (Fsp3) is 0.188. The van der Waals surface area contributed by atoms with Gasteiger partial charge in [-0.05, 0) is 56.3 Å². The number of aryl methyl sites for hydroxylation is 2. The molecule has 2 N–H and O–H groups in total. The largest absolute Gasteiger partial charge is 0.321 e. The maximum absolute atomic E-state index is 12.5. The molecule has 2 rings (SSSR count). The van der Waals surface area contributed by atoms with Crippen molar-refractivity contribution in [1.29, 1.82) is 0 Å². The van der Waals surface area contributed by atoms with Crippen LogP contribution >= 0.6 is 11.6 Å². The Morgan fingerprint density at radius 1 is 1.09 bits per heavy atom. The van der Waals surface area contributed by atoms with Crippen LogP contribution in [0.15, 0.2) is 41.3 Å². The average Bonchev–Trinajstić information content (AvgIpc) is 2.50. The fourth-order valence-electron chi connectivity index (χ4n) is 2.04. The van der Waals surface area contributed by atoms with E-state index in [1.165, 1.54) is 19.2 Å². The van der Waals surface area contributed by atoms with E-state index in [9.17, 15) is 13.2 Å². The Kier molecular flexibility index (Phi) is 5.09. The van der Waals surface area contributed by atoms with Gasteiger partial charge in [0.1, 0.15) is 0 Å². The van der Waals surface area contributed by atoms with E-state index in [4.69, 9.17) is 11.6 Å². The molecule has 0 atom stereocenters. The summed E-state index contributed by atoms with van der Waals surface area (Å²) < 4.78 is 26.0. The molecule has 0 fully saturated rings. The monoisotopic (exact) mass is 352 g/mol. The molecule has 0 saturated carbocycles. The number of carbonyl (C=O) groups is 1. The number of hydrogen-bond donors (Lipinski definition) is 2. The standard InChI is InChI=1S/C16H17ClN2O3S/c1-10-4-7-15(14(17)8-10)19-16(20)13-9-12(6-5-11(13)2)23(21,22)18-3/h4-9,18H,1-3H3,(H,19,20). The third kappa shape index (κ3) is 3.90. The number of anilines is 1. The van der Waals surface area contributed by atoms with Crippen molar-refractivity contribution in [2.75, 3.05) is 12.4 Å². The zero-order valence-corrected chi connectivity index (χ0v) is 14.5. The summed E-state index contributed by atoms with van der Waals surface area (Å²) >= 11 is 6.11. The summed E-state index contributed by atoms with van der Waals surface area (Å²) in [7, 11) is -2.29. The molecule has 0 bridgehead atoms. The van der Waals surface area contributed by atoms with Gasteiger partial charge in [0.15, 0.2) is 0 Å². The van der Waals surface area contributed by atoms with Crippen LogP contribution in [0.25, 0.3) is 0 Å². The number of hydrogen-bond acceptors (Lipinski definition) is 3. The van der Waals surface area contributed by atoms with Gasteiger partial charge in [0, 0.05) is 5.56 Å². The van der Waals surface area contributed by atoms with Crippen LogP contribution in [0.5, 0.6) is 0 Å². The number of benzene rings is 2. The van der Waals surface area contributed by atoms with E-state index in [0.717, 1.165) is 5.56 Å². The van der Waals surface area contributed by atoms with Crippen LogP contribution in [0.1, 0.15) is 21.5 Å². The Morgan fingerprint density at radius 3 is 2.39 bits per heavy atom. The summed E-state index contributed by atoms with van der Waals surface area (Å²) in [5.41, 5.74) is 2.40. The van der Waals surface area contributed by atoms with Gasteiger partial charge in [-0.2, -0.15) is 0 Å². The van der Waals surface area contributed by atoms with E-state index in [2.05, 4.69) is 10.0 Å². The van der Waals surface area contributed by atoms with E-state index in [0.29, 0.717) is 16.3 Å². The first-order valence-corrected chi connectivity index (χ1v) is 8.72. The van der Waals surface area contributed by atoms with Crippen molar-refractivity contribution in [3.8, 4) is 0 Å². The molecule has 5 nitrogen and oxygen atoms in total. The van der Waals surface area contributed by atoms with Crippen LogP contribution in [0, 0.1) is 13.8 Å². The zero-order valence-electron chi connectivity index (χ0n) is 13.0. The Bertz CT molecular complexity index is 864. The lowest BCUT2D eigenvalue weighted by Crippen LogP contribution is -2.20. The van der Waals surface area contributed by atoms with E-state index in [1.807, 2.05) is 13.0 Å². The fourth-order valence-corrected chi connectivity index (χ4v) is 3.08. The van der Waals surface area contributed by atoms with Crippen LogP contribution in [0.2, 0.25) is 5.02 Å². The summed E-state index contributed by atoms with van der Waals surface area (Å²) in [6.45, 7) is 3.63. The van der Waals surface area contributed by atoms with Crippen molar-refractivity contribution in [3.05, 3.63) is 58.1 Å². The molecule has 0 aromatic heterocycles. The minimum atomic E-state index is -3.61. The van der Waals surface area contributed by atoms with Gasteiger partial charge in [-0.15, -0.1) is 0 Å². The minimum absolute atomic E-state index is 0.0331. The SMILES string of the molecule is CNS(=O)(=O)c1ccc(C)c(C(=O)Nc2ccc(C)cc2Cl)c1. The second kappa shape index (κ2) is 6.70. The first kappa shape index (κ1) is 17.5. The second-order valence-corrected chi connectivity index (χ2v) is 7.42.